The molecule has 0 aliphatic carbocycles. The van der Waals surface area contributed by atoms with Crippen LogP contribution in [0.1, 0.15) is 0 Å². The number of benzene rings is 2. The highest BCUT2D eigenvalue weighted by atomic mass is 79.9. The van der Waals surface area contributed by atoms with Crippen molar-refractivity contribution in [3.05, 3.63) is 89.7 Å². The number of thioether (sulfide) groups is 2. The summed E-state index contributed by atoms with van der Waals surface area (Å²) in [7, 11) is 0. The Balaban J connectivity index is 2.53. The van der Waals surface area contributed by atoms with Crippen LogP contribution in [0.2, 0.25) is 0 Å². The van der Waals surface area contributed by atoms with Gasteiger partial charge in [-0.2, -0.15) is 0 Å². The van der Waals surface area contributed by atoms with Crippen LogP contribution in [-0.4, -0.2) is 4.92 Å². The molecule has 0 spiro atoms. The predicted molar refractivity (Wildman–Crippen MR) is 106 cm³/mol. The summed E-state index contributed by atoms with van der Waals surface area (Å²) in [6, 6.07) is 18.7. The first-order chi connectivity index (χ1) is 11.5. The molecule has 24 heavy (non-hydrogen) atoms. The van der Waals surface area contributed by atoms with Crippen LogP contribution in [0.4, 0.5) is 0 Å². The zero-order valence-electron chi connectivity index (χ0n) is 12.0. The number of hydrogen-bond donors (Lipinski definition) is 0. The molecule has 0 unspecified atom stereocenters. The summed E-state index contributed by atoms with van der Waals surface area (Å²) in [4.78, 5) is 12.8. The van der Waals surface area contributed by atoms with E-state index in [2.05, 4.69) is 15.9 Å². The molecule has 0 atom stereocenters. The summed E-state index contributed by atoms with van der Waals surface area (Å²) < 4.78 is 0.427. The minimum Gasteiger partial charge on any atom is -0.258 e. The van der Waals surface area contributed by atoms with Gasteiger partial charge in [0.05, 0.1) is 4.92 Å². The molecule has 0 amide bonds. The molecule has 0 heterocycles. The van der Waals surface area contributed by atoms with Crippen LogP contribution in [-0.2, 0) is 0 Å². The average molecular weight is 463 g/mol. The molecular formula is C16H10BrCl2NO2S2. The highest BCUT2D eigenvalue weighted by Crippen LogP contribution is 2.44. The summed E-state index contributed by atoms with van der Waals surface area (Å²) in [5.74, 6) is 0. The summed E-state index contributed by atoms with van der Waals surface area (Å²) >= 11 is 17.4. The van der Waals surface area contributed by atoms with Gasteiger partial charge in [0.2, 0.25) is 0 Å². The molecule has 3 nitrogen and oxygen atoms in total. The maximum absolute atomic E-state index is 11.6. The lowest BCUT2D eigenvalue weighted by Gasteiger charge is -2.09. The molecule has 0 saturated heterocycles. The standard InChI is InChI=1S/C16H10BrCl2NO2S2/c17-15(19)13(18)14(20(21)22)16(23-11-7-3-1-4-8-11)24-12-9-5-2-6-10-12/h1-10H/b15-13+. The lowest BCUT2D eigenvalue weighted by molar-refractivity contribution is -0.419. The van der Waals surface area contributed by atoms with Crippen molar-refractivity contribution in [3.63, 3.8) is 0 Å². The first-order valence-corrected chi connectivity index (χ1v) is 9.73. The fraction of sp³-hybridized carbons (Fsp3) is 0. The fourth-order valence-electron chi connectivity index (χ4n) is 1.64. The number of nitro groups is 1. The van der Waals surface area contributed by atoms with Crippen molar-refractivity contribution in [2.45, 2.75) is 9.79 Å². The molecule has 0 aliphatic rings. The molecule has 0 radical (unpaired) electrons. The van der Waals surface area contributed by atoms with Crippen molar-refractivity contribution in [2.24, 2.45) is 0 Å². The zero-order chi connectivity index (χ0) is 17.5. The molecule has 0 N–H and O–H groups in total. The third-order valence-corrected chi connectivity index (χ3v) is 6.21. The fourth-order valence-corrected chi connectivity index (χ4v) is 4.50. The second-order valence-electron chi connectivity index (χ2n) is 4.30. The van der Waals surface area contributed by atoms with E-state index in [0.29, 0.717) is 4.24 Å². The first kappa shape index (κ1) is 19.4. The van der Waals surface area contributed by atoms with Gasteiger partial charge in [0.25, 0.3) is 0 Å². The second kappa shape index (κ2) is 9.53. The van der Waals surface area contributed by atoms with Crippen molar-refractivity contribution in [2.75, 3.05) is 0 Å². The number of nitrogens with zero attached hydrogens (tertiary/aromatic N) is 1. The van der Waals surface area contributed by atoms with E-state index in [1.165, 1.54) is 23.5 Å². The van der Waals surface area contributed by atoms with E-state index in [0.717, 1.165) is 9.79 Å². The van der Waals surface area contributed by atoms with E-state index < -0.39 is 4.92 Å². The van der Waals surface area contributed by atoms with Crippen LogP contribution in [0.25, 0.3) is 0 Å². The molecule has 0 aromatic heterocycles. The van der Waals surface area contributed by atoms with E-state index in [-0.39, 0.29) is 14.7 Å². The van der Waals surface area contributed by atoms with E-state index in [1.54, 1.807) is 0 Å². The summed E-state index contributed by atoms with van der Waals surface area (Å²) in [5.41, 5.74) is -0.235. The van der Waals surface area contributed by atoms with Crippen LogP contribution < -0.4 is 0 Å². The monoisotopic (exact) mass is 461 g/mol. The van der Waals surface area contributed by atoms with Crippen LogP contribution >= 0.6 is 62.7 Å². The Bertz CT molecular complexity index is 736. The van der Waals surface area contributed by atoms with Gasteiger partial charge in [-0.05, 0) is 40.2 Å². The maximum Gasteiger partial charge on any atom is 0.310 e. The third kappa shape index (κ3) is 5.57. The number of hydrogen-bond acceptors (Lipinski definition) is 4. The van der Waals surface area contributed by atoms with E-state index in [9.17, 15) is 10.1 Å². The van der Waals surface area contributed by atoms with E-state index in [1.807, 2.05) is 60.7 Å². The average Bonchev–Trinajstić information content (AvgIpc) is 2.56. The van der Waals surface area contributed by atoms with Crippen molar-refractivity contribution >= 4 is 62.7 Å². The van der Waals surface area contributed by atoms with E-state index >= 15 is 0 Å². The van der Waals surface area contributed by atoms with Crippen molar-refractivity contribution in [1.29, 1.82) is 0 Å². The lowest BCUT2D eigenvalue weighted by Crippen LogP contribution is -2.02. The van der Waals surface area contributed by atoms with Crippen molar-refractivity contribution in [3.8, 4) is 0 Å². The highest BCUT2D eigenvalue weighted by molar-refractivity contribution is 9.12. The quantitative estimate of drug-likeness (QED) is 0.199. The molecule has 0 fully saturated rings. The Hall–Kier alpha value is -0.920. The minimum atomic E-state index is -0.521. The summed E-state index contributed by atoms with van der Waals surface area (Å²) in [5, 5.41) is 11.5. The third-order valence-electron chi connectivity index (χ3n) is 2.66. The topological polar surface area (TPSA) is 43.1 Å². The molecule has 8 heteroatoms. The van der Waals surface area contributed by atoms with Gasteiger partial charge in [-0.25, -0.2) is 0 Å². The highest BCUT2D eigenvalue weighted by Gasteiger charge is 2.26. The van der Waals surface area contributed by atoms with Crippen LogP contribution in [0.3, 0.4) is 0 Å². The molecule has 2 aromatic carbocycles. The Morgan fingerprint density at radius 1 is 0.917 bits per heavy atom. The Morgan fingerprint density at radius 2 is 1.33 bits per heavy atom. The van der Waals surface area contributed by atoms with E-state index in [4.69, 9.17) is 23.2 Å². The molecule has 124 valence electrons. The zero-order valence-corrected chi connectivity index (χ0v) is 16.7. The molecule has 0 saturated carbocycles. The minimum absolute atomic E-state index is 0.00399. The maximum atomic E-state index is 11.6. The van der Waals surface area contributed by atoms with Crippen LogP contribution in [0.15, 0.2) is 89.4 Å². The largest absolute Gasteiger partial charge is 0.310 e. The van der Waals surface area contributed by atoms with Crippen LogP contribution in [0, 0.1) is 10.1 Å². The first-order valence-electron chi connectivity index (χ1n) is 6.54. The Kier molecular flexibility index (Phi) is 7.71. The van der Waals surface area contributed by atoms with Gasteiger partial charge in [0.15, 0.2) is 0 Å². The molecular weight excluding hydrogens is 453 g/mol. The second-order valence-corrected chi connectivity index (χ2v) is 8.73. The molecule has 2 rings (SSSR count). The van der Waals surface area contributed by atoms with Gasteiger partial charge in [0, 0.05) is 9.79 Å². The van der Waals surface area contributed by atoms with Crippen molar-refractivity contribution in [1.82, 2.24) is 0 Å². The van der Waals surface area contributed by atoms with Gasteiger partial charge in [-0.1, -0.05) is 83.1 Å². The molecule has 2 aromatic rings. The molecule has 0 bridgehead atoms. The van der Waals surface area contributed by atoms with Gasteiger partial charge in [0.1, 0.15) is 13.2 Å². The van der Waals surface area contributed by atoms with Crippen molar-refractivity contribution < 1.29 is 4.92 Å². The van der Waals surface area contributed by atoms with Gasteiger partial charge >= 0.3 is 5.70 Å². The number of halogens is 3. The summed E-state index contributed by atoms with van der Waals surface area (Å²) in [6.45, 7) is 0. The predicted octanol–water partition coefficient (Wildman–Crippen LogP) is 7.06. The Morgan fingerprint density at radius 3 is 1.67 bits per heavy atom. The SMILES string of the molecule is O=[N+]([O-])C(=C(Sc1ccccc1)Sc1ccccc1)/C(Cl)=C(\Cl)Br. The smallest absolute Gasteiger partial charge is 0.258 e. The Labute approximate surface area is 166 Å². The van der Waals surface area contributed by atoms with Crippen LogP contribution in [0.5, 0.6) is 0 Å². The normalized spacial score (nSPS) is 11.6. The van der Waals surface area contributed by atoms with Gasteiger partial charge < -0.3 is 0 Å². The number of rotatable bonds is 6. The number of allylic oxidation sites excluding steroid dienone is 1. The van der Waals surface area contributed by atoms with Gasteiger partial charge in [-0.3, -0.25) is 10.1 Å². The summed E-state index contributed by atoms with van der Waals surface area (Å²) in [6.07, 6.45) is 0. The lowest BCUT2D eigenvalue weighted by atomic mass is 10.4. The van der Waals surface area contributed by atoms with Gasteiger partial charge in [-0.15, -0.1) is 0 Å². The molecule has 0 aliphatic heterocycles.